The smallest absolute Gasteiger partial charge is 0.263 e. The number of hydrogen-bond acceptors (Lipinski definition) is 4. The highest BCUT2D eigenvalue weighted by Gasteiger charge is 2.17. The van der Waals surface area contributed by atoms with Gasteiger partial charge in [-0.1, -0.05) is 43.5 Å². The highest BCUT2D eigenvalue weighted by molar-refractivity contribution is 7.21. The second kappa shape index (κ2) is 8.31. The Morgan fingerprint density at radius 3 is 2.64 bits per heavy atom. The van der Waals surface area contributed by atoms with Gasteiger partial charge in [0.1, 0.15) is 9.71 Å². The molecule has 4 nitrogen and oxygen atoms in total. The first-order valence-electron chi connectivity index (χ1n) is 10.1. The third-order valence-corrected chi connectivity index (χ3v) is 6.81. The predicted octanol–water partition coefficient (Wildman–Crippen LogP) is 5.21. The number of carbonyl (C=O) groups is 1. The summed E-state index contributed by atoms with van der Waals surface area (Å²) in [6.07, 6.45) is 7.55. The summed E-state index contributed by atoms with van der Waals surface area (Å²) >= 11 is 1.36. The standard InChI is InChI=1S/C23H27N3OS/c1-15-7-12-19-20(24)21(28-23(19)26-15)22(27)25-14-13-16-8-10-18(11-9-16)17-5-3-2-4-6-17/h7-12,17H,2-6,13-14,24H2,1H3,(H,25,27). The summed E-state index contributed by atoms with van der Waals surface area (Å²) in [5, 5.41) is 3.87. The van der Waals surface area contributed by atoms with Gasteiger partial charge in [0.25, 0.3) is 5.91 Å². The molecule has 0 saturated heterocycles. The van der Waals surface area contributed by atoms with Gasteiger partial charge in [-0.3, -0.25) is 4.79 Å². The van der Waals surface area contributed by atoms with Crippen LogP contribution in [0.2, 0.25) is 0 Å². The van der Waals surface area contributed by atoms with Crippen molar-refractivity contribution in [3.8, 4) is 0 Å². The minimum atomic E-state index is -0.114. The van der Waals surface area contributed by atoms with E-state index in [1.165, 1.54) is 54.6 Å². The normalized spacial score (nSPS) is 15.0. The molecule has 3 N–H and O–H groups in total. The molecule has 1 aromatic carbocycles. The fourth-order valence-electron chi connectivity index (χ4n) is 4.05. The molecular weight excluding hydrogens is 366 g/mol. The largest absolute Gasteiger partial charge is 0.397 e. The van der Waals surface area contributed by atoms with Gasteiger partial charge in [-0.05, 0) is 55.4 Å². The molecule has 146 valence electrons. The van der Waals surface area contributed by atoms with Crippen LogP contribution in [0.5, 0.6) is 0 Å². The van der Waals surface area contributed by atoms with Crippen molar-refractivity contribution in [1.29, 1.82) is 0 Å². The van der Waals surface area contributed by atoms with Crippen LogP contribution in [0.25, 0.3) is 10.2 Å². The Kier molecular flexibility index (Phi) is 5.62. The van der Waals surface area contributed by atoms with E-state index in [-0.39, 0.29) is 5.91 Å². The third-order valence-electron chi connectivity index (χ3n) is 5.69. The molecule has 1 aliphatic rings. The number of hydrogen-bond donors (Lipinski definition) is 2. The number of benzene rings is 1. The number of fused-ring (bicyclic) bond motifs is 1. The molecule has 2 aromatic heterocycles. The zero-order valence-corrected chi connectivity index (χ0v) is 17.1. The first-order valence-corrected chi connectivity index (χ1v) is 11.0. The Morgan fingerprint density at radius 1 is 1.14 bits per heavy atom. The summed E-state index contributed by atoms with van der Waals surface area (Å²) in [6.45, 7) is 2.54. The molecule has 0 bridgehead atoms. The van der Waals surface area contributed by atoms with Crippen molar-refractivity contribution in [2.75, 3.05) is 12.3 Å². The molecule has 3 aromatic rings. The molecule has 1 aliphatic carbocycles. The molecule has 1 amide bonds. The van der Waals surface area contributed by atoms with Crippen molar-refractivity contribution in [3.05, 3.63) is 58.1 Å². The Balaban J connectivity index is 1.34. The van der Waals surface area contributed by atoms with Crippen LogP contribution in [0.1, 0.15) is 64.5 Å². The summed E-state index contributed by atoms with van der Waals surface area (Å²) in [5.41, 5.74) is 10.3. The van der Waals surface area contributed by atoms with Gasteiger partial charge in [0.15, 0.2) is 0 Å². The van der Waals surface area contributed by atoms with Crippen molar-refractivity contribution in [1.82, 2.24) is 10.3 Å². The van der Waals surface area contributed by atoms with Crippen LogP contribution in [0, 0.1) is 6.92 Å². The van der Waals surface area contributed by atoms with E-state index in [9.17, 15) is 4.79 Å². The minimum Gasteiger partial charge on any atom is -0.397 e. The highest BCUT2D eigenvalue weighted by Crippen LogP contribution is 2.33. The summed E-state index contributed by atoms with van der Waals surface area (Å²) in [5.74, 6) is 0.618. The van der Waals surface area contributed by atoms with Crippen LogP contribution in [0.15, 0.2) is 36.4 Å². The molecule has 0 spiro atoms. The summed E-state index contributed by atoms with van der Waals surface area (Å²) < 4.78 is 0. The second-order valence-corrected chi connectivity index (χ2v) is 8.73. The summed E-state index contributed by atoms with van der Waals surface area (Å²) in [7, 11) is 0. The Bertz CT molecular complexity index is 971. The number of nitrogens with zero attached hydrogens (tertiary/aromatic N) is 1. The molecule has 0 radical (unpaired) electrons. The number of aromatic nitrogens is 1. The van der Waals surface area contributed by atoms with Gasteiger partial charge >= 0.3 is 0 Å². The maximum atomic E-state index is 12.6. The number of rotatable bonds is 5. The zero-order chi connectivity index (χ0) is 19.5. The van der Waals surface area contributed by atoms with Gasteiger partial charge in [-0.15, -0.1) is 11.3 Å². The van der Waals surface area contributed by atoms with Crippen molar-refractivity contribution in [3.63, 3.8) is 0 Å². The lowest BCUT2D eigenvalue weighted by molar-refractivity contribution is 0.0959. The van der Waals surface area contributed by atoms with Crippen molar-refractivity contribution in [2.45, 2.75) is 51.4 Å². The second-order valence-electron chi connectivity index (χ2n) is 7.73. The van der Waals surface area contributed by atoms with E-state index in [0.29, 0.717) is 17.1 Å². The lowest BCUT2D eigenvalue weighted by Gasteiger charge is -2.22. The van der Waals surface area contributed by atoms with Gasteiger partial charge < -0.3 is 11.1 Å². The van der Waals surface area contributed by atoms with Crippen LogP contribution >= 0.6 is 11.3 Å². The first-order chi connectivity index (χ1) is 13.6. The van der Waals surface area contributed by atoms with Gasteiger partial charge in [0.2, 0.25) is 0 Å². The Labute approximate surface area is 170 Å². The molecule has 2 heterocycles. The van der Waals surface area contributed by atoms with E-state index < -0.39 is 0 Å². The topological polar surface area (TPSA) is 68.0 Å². The lowest BCUT2D eigenvalue weighted by atomic mass is 9.84. The average molecular weight is 394 g/mol. The van der Waals surface area contributed by atoms with E-state index in [0.717, 1.165) is 28.2 Å². The third kappa shape index (κ3) is 4.04. The SMILES string of the molecule is Cc1ccc2c(N)c(C(=O)NCCc3ccc(C4CCCCC4)cc3)sc2n1. The van der Waals surface area contributed by atoms with Crippen LogP contribution in [0.4, 0.5) is 5.69 Å². The van der Waals surface area contributed by atoms with Crippen molar-refractivity contribution >= 4 is 33.1 Å². The number of pyridine rings is 1. The molecule has 5 heteroatoms. The molecule has 0 unspecified atom stereocenters. The Hall–Kier alpha value is -2.40. The van der Waals surface area contributed by atoms with Crippen LogP contribution in [-0.4, -0.2) is 17.4 Å². The minimum absolute atomic E-state index is 0.114. The number of nitrogen functional groups attached to an aromatic ring is 1. The molecule has 1 fully saturated rings. The molecular formula is C23H27N3OS. The maximum Gasteiger partial charge on any atom is 0.263 e. The number of anilines is 1. The number of nitrogens with two attached hydrogens (primary N) is 1. The number of carbonyl (C=O) groups excluding carboxylic acids is 1. The maximum absolute atomic E-state index is 12.6. The van der Waals surface area contributed by atoms with Gasteiger partial charge in [-0.25, -0.2) is 4.98 Å². The van der Waals surface area contributed by atoms with Crippen LogP contribution in [0.3, 0.4) is 0 Å². The molecule has 0 atom stereocenters. The predicted molar refractivity (Wildman–Crippen MR) is 117 cm³/mol. The van der Waals surface area contributed by atoms with Crippen molar-refractivity contribution < 1.29 is 4.79 Å². The molecule has 0 aliphatic heterocycles. The van der Waals surface area contributed by atoms with E-state index >= 15 is 0 Å². The number of thiophene rings is 1. The molecule has 1 saturated carbocycles. The first kappa shape index (κ1) is 18.9. The average Bonchev–Trinajstić information content (AvgIpc) is 3.05. The van der Waals surface area contributed by atoms with Crippen LogP contribution in [-0.2, 0) is 6.42 Å². The summed E-state index contributed by atoms with van der Waals surface area (Å²) in [4.78, 5) is 18.4. The van der Waals surface area contributed by atoms with Crippen molar-refractivity contribution in [2.24, 2.45) is 0 Å². The number of aryl methyl sites for hydroxylation is 1. The quantitative estimate of drug-likeness (QED) is 0.625. The molecule has 4 rings (SSSR count). The van der Waals surface area contributed by atoms with Crippen LogP contribution < -0.4 is 11.1 Å². The zero-order valence-electron chi connectivity index (χ0n) is 16.3. The molecule has 28 heavy (non-hydrogen) atoms. The van der Waals surface area contributed by atoms with Gasteiger partial charge in [0, 0.05) is 17.6 Å². The van der Waals surface area contributed by atoms with E-state index in [1.54, 1.807) is 0 Å². The van der Waals surface area contributed by atoms with Gasteiger partial charge in [0.05, 0.1) is 5.69 Å². The van der Waals surface area contributed by atoms with Gasteiger partial charge in [-0.2, -0.15) is 0 Å². The fourth-order valence-corrected chi connectivity index (χ4v) is 5.11. The lowest BCUT2D eigenvalue weighted by Crippen LogP contribution is -2.25. The fraction of sp³-hybridized carbons (Fsp3) is 0.391. The van der Waals surface area contributed by atoms with E-state index in [2.05, 4.69) is 34.6 Å². The summed E-state index contributed by atoms with van der Waals surface area (Å²) in [6, 6.07) is 12.8. The highest BCUT2D eigenvalue weighted by atomic mass is 32.1. The van der Waals surface area contributed by atoms with E-state index in [1.807, 2.05) is 19.1 Å². The Morgan fingerprint density at radius 2 is 1.89 bits per heavy atom. The number of amides is 1. The number of nitrogens with one attached hydrogen (secondary N) is 1. The monoisotopic (exact) mass is 393 g/mol. The van der Waals surface area contributed by atoms with E-state index in [4.69, 9.17) is 5.73 Å².